The smallest absolute Gasteiger partial charge is 0.0386 e. The highest BCUT2D eigenvalue weighted by Crippen LogP contribution is 2.33. The number of hydrogen-bond donors (Lipinski definition) is 0. The van der Waals surface area contributed by atoms with Crippen molar-refractivity contribution in [2.45, 2.75) is 52.9 Å². The van der Waals surface area contributed by atoms with E-state index in [-0.39, 0.29) is 0 Å². The monoisotopic (exact) mass is 154 g/mol. The SMILES string of the molecule is CC(C)CC1CCCCC1C. The predicted molar refractivity (Wildman–Crippen MR) is 50.6 cm³/mol. The fraction of sp³-hybridized carbons (Fsp3) is 1.00. The molecule has 11 heavy (non-hydrogen) atoms. The highest BCUT2D eigenvalue weighted by atomic mass is 14.3. The molecule has 0 bridgehead atoms. The zero-order valence-corrected chi connectivity index (χ0v) is 8.27. The highest BCUT2D eigenvalue weighted by molar-refractivity contribution is 4.72. The molecule has 0 aromatic heterocycles. The Hall–Kier alpha value is 0. The quantitative estimate of drug-likeness (QED) is 0.566. The first-order valence-corrected chi connectivity index (χ1v) is 5.20. The Balaban J connectivity index is 2.29. The fourth-order valence-corrected chi connectivity index (χ4v) is 2.35. The maximum absolute atomic E-state index is 2.44. The van der Waals surface area contributed by atoms with Crippen LogP contribution in [0, 0.1) is 17.8 Å². The summed E-state index contributed by atoms with van der Waals surface area (Å²) < 4.78 is 0. The van der Waals surface area contributed by atoms with Crippen molar-refractivity contribution in [2.75, 3.05) is 0 Å². The van der Waals surface area contributed by atoms with Gasteiger partial charge in [0.25, 0.3) is 0 Å². The molecule has 1 aliphatic carbocycles. The van der Waals surface area contributed by atoms with Crippen LogP contribution in [-0.4, -0.2) is 0 Å². The summed E-state index contributed by atoms with van der Waals surface area (Å²) in [4.78, 5) is 0. The molecular formula is C11H22. The zero-order chi connectivity index (χ0) is 8.27. The summed E-state index contributed by atoms with van der Waals surface area (Å²) in [6.45, 7) is 7.13. The van der Waals surface area contributed by atoms with Gasteiger partial charge in [0.1, 0.15) is 0 Å². The van der Waals surface area contributed by atoms with Gasteiger partial charge in [0.2, 0.25) is 0 Å². The summed E-state index contributed by atoms with van der Waals surface area (Å²) in [7, 11) is 0. The Labute approximate surface area is 71.4 Å². The van der Waals surface area contributed by atoms with Crippen LogP contribution in [0.15, 0.2) is 0 Å². The van der Waals surface area contributed by atoms with E-state index in [0.717, 1.165) is 17.8 Å². The Morgan fingerprint density at radius 1 is 1.18 bits per heavy atom. The summed E-state index contributed by atoms with van der Waals surface area (Å²) in [6, 6.07) is 0. The molecule has 2 atom stereocenters. The van der Waals surface area contributed by atoms with E-state index in [0.29, 0.717) is 0 Å². The van der Waals surface area contributed by atoms with Crippen LogP contribution in [0.2, 0.25) is 0 Å². The molecule has 0 N–H and O–H groups in total. The van der Waals surface area contributed by atoms with Crippen LogP contribution >= 0.6 is 0 Å². The van der Waals surface area contributed by atoms with E-state index in [2.05, 4.69) is 20.8 Å². The molecule has 0 radical (unpaired) electrons. The van der Waals surface area contributed by atoms with Crippen LogP contribution in [0.3, 0.4) is 0 Å². The minimum Gasteiger partial charge on any atom is -0.0628 e. The van der Waals surface area contributed by atoms with Gasteiger partial charge in [0, 0.05) is 0 Å². The Bertz CT molecular complexity index is 105. The molecule has 0 heteroatoms. The minimum absolute atomic E-state index is 0.903. The van der Waals surface area contributed by atoms with E-state index >= 15 is 0 Å². The van der Waals surface area contributed by atoms with Gasteiger partial charge in [-0.2, -0.15) is 0 Å². The molecule has 0 amide bonds. The van der Waals surface area contributed by atoms with Crippen molar-refractivity contribution in [1.29, 1.82) is 0 Å². The van der Waals surface area contributed by atoms with Gasteiger partial charge in [0.15, 0.2) is 0 Å². The second kappa shape index (κ2) is 4.13. The lowest BCUT2D eigenvalue weighted by Crippen LogP contribution is -2.18. The molecule has 0 nitrogen and oxygen atoms in total. The first kappa shape index (κ1) is 9.09. The predicted octanol–water partition coefficient (Wildman–Crippen LogP) is 3.86. The molecule has 0 aromatic carbocycles. The standard InChI is InChI=1S/C11H22/c1-9(2)8-11-7-5-4-6-10(11)3/h9-11H,4-8H2,1-3H3. The third kappa shape index (κ3) is 2.84. The molecule has 0 heterocycles. The summed E-state index contributed by atoms with van der Waals surface area (Å²) in [6.07, 6.45) is 7.41. The van der Waals surface area contributed by atoms with Gasteiger partial charge in [-0.25, -0.2) is 0 Å². The topological polar surface area (TPSA) is 0 Å². The Kier molecular flexibility index (Phi) is 3.42. The summed E-state index contributed by atoms with van der Waals surface area (Å²) in [5.41, 5.74) is 0. The Morgan fingerprint density at radius 3 is 2.36 bits per heavy atom. The molecule has 0 spiro atoms. The van der Waals surface area contributed by atoms with Crippen LogP contribution < -0.4 is 0 Å². The van der Waals surface area contributed by atoms with Gasteiger partial charge in [-0.3, -0.25) is 0 Å². The molecule has 1 aliphatic rings. The average molecular weight is 154 g/mol. The molecule has 0 aliphatic heterocycles. The second-order valence-electron chi connectivity index (χ2n) is 4.65. The molecule has 0 aromatic rings. The van der Waals surface area contributed by atoms with Crippen molar-refractivity contribution in [3.05, 3.63) is 0 Å². The van der Waals surface area contributed by atoms with Crippen LogP contribution in [0.5, 0.6) is 0 Å². The summed E-state index contributed by atoms with van der Waals surface area (Å²) in [5.74, 6) is 2.95. The minimum atomic E-state index is 0.903. The summed E-state index contributed by atoms with van der Waals surface area (Å²) >= 11 is 0. The van der Waals surface area contributed by atoms with E-state index in [1.807, 2.05) is 0 Å². The average Bonchev–Trinajstić information content (AvgIpc) is 1.93. The van der Waals surface area contributed by atoms with Gasteiger partial charge < -0.3 is 0 Å². The highest BCUT2D eigenvalue weighted by Gasteiger charge is 2.21. The van der Waals surface area contributed by atoms with Crippen molar-refractivity contribution in [1.82, 2.24) is 0 Å². The van der Waals surface area contributed by atoms with Gasteiger partial charge in [-0.05, 0) is 24.2 Å². The third-order valence-electron chi connectivity index (χ3n) is 3.06. The van der Waals surface area contributed by atoms with Crippen molar-refractivity contribution in [3.63, 3.8) is 0 Å². The second-order valence-corrected chi connectivity index (χ2v) is 4.65. The van der Waals surface area contributed by atoms with E-state index in [9.17, 15) is 0 Å². The van der Waals surface area contributed by atoms with E-state index < -0.39 is 0 Å². The van der Waals surface area contributed by atoms with E-state index in [4.69, 9.17) is 0 Å². The van der Waals surface area contributed by atoms with Crippen LogP contribution in [0.25, 0.3) is 0 Å². The third-order valence-corrected chi connectivity index (χ3v) is 3.06. The molecule has 1 saturated carbocycles. The van der Waals surface area contributed by atoms with Crippen molar-refractivity contribution in [2.24, 2.45) is 17.8 Å². The summed E-state index contributed by atoms with van der Waals surface area (Å²) in [5, 5.41) is 0. The lowest BCUT2D eigenvalue weighted by atomic mass is 9.76. The number of rotatable bonds is 2. The molecule has 1 fully saturated rings. The lowest BCUT2D eigenvalue weighted by molar-refractivity contribution is 0.220. The normalized spacial score (nSPS) is 32.7. The fourth-order valence-electron chi connectivity index (χ4n) is 2.35. The van der Waals surface area contributed by atoms with Crippen LogP contribution in [0.1, 0.15) is 52.9 Å². The van der Waals surface area contributed by atoms with Gasteiger partial charge in [-0.15, -0.1) is 0 Å². The van der Waals surface area contributed by atoms with Gasteiger partial charge >= 0.3 is 0 Å². The first-order valence-electron chi connectivity index (χ1n) is 5.20. The largest absolute Gasteiger partial charge is 0.0628 e. The Morgan fingerprint density at radius 2 is 1.82 bits per heavy atom. The first-order chi connectivity index (χ1) is 5.20. The molecule has 2 unspecified atom stereocenters. The molecule has 0 saturated heterocycles. The lowest BCUT2D eigenvalue weighted by Gasteiger charge is -2.29. The maximum atomic E-state index is 2.44. The van der Waals surface area contributed by atoms with Gasteiger partial charge in [-0.1, -0.05) is 46.5 Å². The van der Waals surface area contributed by atoms with Crippen molar-refractivity contribution in [3.8, 4) is 0 Å². The van der Waals surface area contributed by atoms with Crippen LogP contribution in [0.4, 0.5) is 0 Å². The maximum Gasteiger partial charge on any atom is -0.0386 e. The van der Waals surface area contributed by atoms with Crippen molar-refractivity contribution >= 4 is 0 Å². The zero-order valence-electron chi connectivity index (χ0n) is 8.27. The van der Waals surface area contributed by atoms with E-state index in [1.54, 1.807) is 0 Å². The van der Waals surface area contributed by atoms with Crippen molar-refractivity contribution < 1.29 is 0 Å². The van der Waals surface area contributed by atoms with E-state index in [1.165, 1.54) is 32.1 Å². The molecular weight excluding hydrogens is 132 g/mol. The molecule has 66 valence electrons. The van der Waals surface area contributed by atoms with Gasteiger partial charge in [0.05, 0.1) is 0 Å². The van der Waals surface area contributed by atoms with Crippen LogP contribution in [-0.2, 0) is 0 Å². The number of hydrogen-bond acceptors (Lipinski definition) is 0. The molecule has 1 rings (SSSR count).